The summed E-state index contributed by atoms with van der Waals surface area (Å²) in [6.45, 7) is 3.62. The van der Waals surface area contributed by atoms with E-state index < -0.39 is 0 Å². The second-order valence-electron chi connectivity index (χ2n) is 8.90. The van der Waals surface area contributed by atoms with Crippen LogP contribution in [0.2, 0.25) is 0 Å². The molecule has 5 rings (SSSR count). The lowest BCUT2D eigenvalue weighted by molar-refractivity contribution is 0.343. The van der Waals surface area contributed by atoms with Gasteiger partial charge in [0.25, 0.3) is 0 Å². The average molecular weight is 510 g/mol. The van der Waals surface area contributed by atoms with Gasteiger partial charge in [0.2, 0.25) is 0 Å². The first-order valence-corrected chi connectivity index (χ1v) is 11.8. The van der Waals surface area contributed by atoms with Gasteiger partial charge in [-0.15, -0.1) is 12.4 Å². The van der Waals surface area contributed by atoms with Gasteiger partial charge in [0.05, 0.1) is 43.3 Å². The molecule has 9 nitrogen and oxygen atoms in total. The van der Waals surface area contributed by atoms with Gasteiger partial charge in [-0.25, -0.2) is 4.98 Å². The zero-order valence-corrected chi connectivity index (χ0v) is 21.6. The van der Waals surface area contributed by atoms with Crippen molar-refractivity contribution in [3.63, 3.8) is 0 Å². The van der Waals surface area contributed by atoms with Crippen LogP contribution in [0.1, 0.15) is 6.42 Å². The Morgan fingerprint density at radius 3 is 2.44 bits per heavy atom. The number of benzene rings is 2. The van der Waals surface area contributed by atoms with E-state index in [0.717, 1.165) is 77.8 Å². The predicted octanol–water partition coefficient (Wildman–Crippen LogP) is 3.64. The Morgan fingerprint density at radius 1 is 1.03 bits per heavy atom. The van der Waals surface area contributed by atoms with Crippen LogP contribution in [0.4, 0.5) is 11.4 Å². The largest absolute Gasteiger partial charge is 0.497 e. The number of ether oxygens (including phenoxy) is 2. The fraction of sp³-hybridized carbons (Fsp3) is 0.346. The van der Waals surface area contributed by atoms with Gasteiger partial charge in [-0.3, -0.25) is 14.6 Å². The minimum atomic E-state index is 0. The van der Waals surface area contributed by atoms with Gasteiger partial charge in [0.15, 0.2) is 0 Å². The summed E-state index contributed by atoms with van der Waals surface area (Å²) in [5, 5.41) is 4.26. The molecular weight excluding hydrogens is 478 g/mol. The summed E-state index contributed by atoms with van der Waals surface area (Å²) in [6.07, 6.45) is 6.57. The van der Waals surface area contributed by atoms with Gasteiger partial charge in [0.1, 0.15) is 11.5 Å². The number of fused-ring (bicyclic) bond motifs is 1. The minimum absolute atomic E-state index is 0. The molecular formula is C26H32ClN7O2. The molecule has 36 heavy (non-hydrogen) atoms. The molecule has 1 atom stereocenters. The van der Waals surface area contributed by atoms with Crippen molar-refractivity contribution < 1.29 is 9.47 Å². The van der Waals surface area contributed by atoms with Crippen molar-refractivity contribution in [3.05, 3.63) is 55.0 Å². The molecule has 10 heteroatoms. The van der Waals surface area contributed by atoms with Crippen molar-refractivity contribution in [2.45, 2.75) is 12.5 Å². The number of halogens is 1. The zero-order chi connectivity index (χ0) is 24.4. The van der Waals surface area contributed by atoms with Gasteiger partial charge >= 0.3 is 0 Å². The first-order chi connectivity index (χ1) is 17.0. The van der Waals surface area contributed by atoms with Crippen LogP contribution < -0.4 is 20.1 Å². The van der Waals surface area contributed by atoms with E-state index in [2.05, 4.69) is 32.0 Å². The molecule has 0 saturated carbocycles. The van der Waals surface area contributed by atoms with Crippen LogP contribution in [-0.4, -0.2) is 71.1 Å². The van der Waals surface area contributed by atoms with Crippen LogP contribution in [-0.2, 0) is 7.05 Å². The van der Waals surface area contributed by atoms with Crippen LogP contribution in [0, 0.1) is 0 Å². The number of hydrogen-bond acceptors (Lipinski definition) is 8. The van der Waals surface area contributed by atoms with Crippen molar-refractivity contribution in [2.24, 2.45) is 12.8 Å². The van der Waals surface area contributed by atoms with Crippen LogP contribution >= 0.6 is 12.4 Å². The fourth-order valence-electron chi connectivity index (χ4n) is 4.52. The lowest BCUT2D eigenvalue weighted by Crippen LogP contribution is -2.33. The maximum absolute atomic E-state index is 6.15. The number of rotatable bonds is 8. The van der Waals surface area contributed by atoms with Crippen LogP contribution in [0.15, 0.2) is 55.0 Å². The number of nitrogens with two attached hydrogens (primary N) is 1. The molecule has 1 unspecified atom stereocenters. The molecule has 4 aromatic rings. The maximum Gasteiger partial charge on any atom is 0.124 e. The number of anilines is 2. The van der Waals surface area contributed by atoms with E-state index in [1.807, 2.05) is 37.5 Å². The molecule has 0 spiro atoms. The summed E-state index contributed by atoms with van der Waals surface area (Å²) in [5.74, 6) is 1.49. The van der Waals surface area contributed by atoms with Gasteiger partial charge < -0.3 is 20.1 Å². The minimum Gasteiger partial charge on any atom is -0.497 e. The van der Waals surface area contributed by atoms with Crippen LogP contribution in [0.3, 0.4) is 0 Å². The SMILES string of the molecule is COc1cc(OC)cc(N(CCN2CCC(N)C2)c2ccc3ncc(-c4cnn(C)c4)nc3c2)c1.Cl. The van der Waals surface area contributed by atoms with E-state index in [4.69, 9.17) is 20.2 Å². The van der Waals surface area contributed by atoms with Crippen molar-refractivity contribution in [1.29, 1.82) is 0 Å². The van der Waals surface area contributed by atoms with Gasteiger partial charge in [-0.1, -0.05) is 0 Å². The molecule has 1 fully saturated rings. The van der Waals surface area contributed by atoms with Gasteiger partial charge in [-0.05, 0) is 31.2 Å². The number of aryl methyl sites for hydroxylation is 1. The third kappa shape index (κ3) is 5.53. The first-order valence-electron chi connectivity index (χ1n) is 11.8. The summed E-state index contributed by atoms with van der Waals surface area (Å²) in [4.78, 5) is 14.2. The molecule has 0 amide bonds. The predicted molar refractivity (Wildman–Crippen MR) is 145 cm³/mol. The molecule has 1 aliphatic heterocycles. The molecule has 2 aromatic carbocycles. The Kier molecular flexibility index (Phi) is 7.93. The van der Waals surface area contributed by atoms with Crippen LogP contribution in [0.5, 0.6) is 11.5 Å². The quantitative estimate of drug-likeness (QED) is 0.384. The summed E-state index contributed by atoms with van der Waals surface area (Å²) in [6, 6.07) is 12.4. The number of methoxy groups -OCH3 is 2. The highest BCUT2D eigenvalue weighted by atomic mass is 35.5. The van der Waals surface area contributed by atoms with Crippen molar-refractivity contribution in [1.82, 2.24) is 24.6 Å². The maximum atomic E-state index is 6.15. The number of hydrogen-bond donors (Lipinski definition) is 1. The van der Waals surface area contributed by atoms with E-state index >= 15 is 0 Å². The Morgan fingerprint density at radius 2 is 1.81 bits per heavy atom. The molecule has 1 aliphatic rings. The Balaban J connectivity index is 0.00000304. The second-order valence-corrected chi connectivity index (χ2v) is 8.90. The fourth-order valence-corrected chi connectivity index (χ4v) is 4.52. The summed E-state index contributed by atoms with van der Waals surface area (Å²) >= 11 is 0. The Labute approximate surface area is 217 Å². The summed E-state index contributed by atoms with van der Waals surface area (Å²) in [5.41, 5.74) is 11.6. The molecule has 0 aliphatic carbocycles. The van der Waals surface area contributed by atoms with E-state index in [0.29, 0.717) is 0 Å². The molecule has 1 saturated heterocycles. The van der Waals surface area contributed by atoms with E-state index in [1.54, 1.807) is 31.3 Å². The molecule has 0 bridgehead atoms. The van der Waals surface area contributed by atoms with E-state index in [1.165, 1.54) is 0 Å². The van der Waals surface area contributed by atoms with Crippen molar-refractivity contribution >= 4 is 34.8 Å². The molecule has 2 N–H and O–H groups in total. The third-order valence-electron chi connectivity index (χ3n) is 6.43. The van der Waals surface area contributed by atoms with E-state index in [-0.39, 0.29) is 18.4 Å². The topological polar surface area (TPSA) is 94.6 Å². The monoisotopic (exact) mass is 509 g/mol. The standard InChI is InChI=1S/C26H31N7O2.ClH/c1-31-16-18(14-29-31)26-15-28-24-5-4-20(12-25(24)30-26)33(9-8-32-7-6-19(27)17-32)21-10-22(34-2)13-23(11-21)35-3;/h4-5,10-16,19H,6-9,17,27H2,1-3H3;1H. The lowest BCUT2D eigenvalue weighted by atomic mass is 10.2. The molecule has 190 valence electrons. The number of likely N-dealkylation sites (tertiary alicyclic amines) is 1. The highest BCUT2D eigenvalue weighted by molar-refractivity contribution is 5.85. The first kappa shape index (κ1) is 25.7. The van der Waals surface area contributed by atoms with E-state index in [9.17, 15) is 0 Å². The third-order valence-corrected chi connectivity index (χ3v) is 6.43. The molecule has 2 aromatic heterocycles. The normalized spacial score (nSPS) is 15.6. The zero-order valence-electron chi connectivity index (χ0n) is 20.8. The lowest BCUT2D eigenvalue weighted by Gasteiger charge is -2.28. The van der Waals surface area contributed by atoms with Crippen LogP contribution in [0.25, 0.3) is 22.3 Å². The van der Waals surface area contributed by atoms with Crippen molar-refractivity contribution in [3.8, 4) is 22.8 Å². The molecule has 3 heterocycles. The number of aromatic nitrogens is 4. The van der Waals surface area contributed by atoms with Gasteiger partial charge in [0, 0.05) is 74.1 Å². The Hall–Kier alpha value is -3.40. The van der Waals surface area contributed by atoms with Gasteiger partial charge in [-0.2, -0.15) is 5.10 Å². The molecule has 0 radical (unpaired) electrons. The highest BCUT2D eigenvalue weighted by Crippen LogP contribution is 2.34. The average Bonchev–Trinajstić information content (AvgIpc) is 3.51. The summed E-state index contributed by atoms with van der Waals surface area (Å²) in [7, 11) is 5.23. The highest BCUT2D eigenvalue weighted by Gasteiger charge is 2.21. The summed E-state index contributed by atoms with van der Waals surface area (Å²) < 4.78 is 12.9. The Bertz CT molecular complexity index is 1310. The second kappa shape index (κ2) is 11.1. The van der Waals surface area contributed by atoms with Crippen molar-refractivity contribution in [2.75, 3.05) is 45.3 Å². The number of nitrogens with zero attached hydrogens (tertiary/aromatic N) is 6. The smallest absolute Gasteiger partial charge is 0.124 e.